The molecule has 26 heavy (non-hydrogen) atoms. The molecule has 3 rings (SSSR count). The largest absolute Gasteiger partial charge is 0.444 e. The normalized spacial score (nSPS) is 20.5. The van der Waals surface area contributed by atoms with Gasteiger partial charge in [0.2, 0.25) is 5.91 Å². The Bertz CT molecular complexity index is 662. The zero-order valence-corrected chi connectivity index (χ0v) is 15.9. The molecule has 0 spiro atoms. The molecular formula is C20H28N2O4. The minimum absolute atomic E-state index is 0.0752. The van der Waals surface area contributed by atoms with Gasteiger partial charge in [0.25, 0.3) is 0 Å². The predicted octanol–water partition coefficient (Wildman–Crippen LogP) is 2.60. The van der Waals surface area contributed by atoms with E-state index in [9.17, 15) is 9.59 Å². The fraction of sp³-hybridized carbons (Fsp3) is 0.600. The lowest BCUT2D eigenvalue weighted by molar-refractivity contribution is -0.136. The van der Waals surface area contributed by atoms with Crippen molar-refractivity contribution in [2.45, 2.75) is 51.8 Å². The molecule has 2 aliphatic rings. The van der Waals surface area contributed by atoms with Gasteiger partial charge in [0.1, 0.15) is 5.60 Å². The highest BCUT2D eigenvalue weighted by Crippen LogP contribution is 2.27. The molecule has 2 aliphatic heterocycles. The summed E-state index contributed by atoms with van der Waals surface area (Å²) in [5, 5.41) is 0. The Morgan fingerprint density at radius 2 is 1.81 bits per heavy atom. The van der Waals surface area contributed by atoms with Crippen molar-refractivity contribution in [3.05, 3.63) is 35.4 Å². The third-order valence-corrected chi connectivity index (χ3v) is 4.76. The van der Waals surface area contributed by atoms with Crippen LogP contribution in [0.3, 0.4) is 0 Å². The van der Waals surface area contributed by atoms with E-state index in [1.54, 1.807) is 4.90 Å². The number of ether oxygens (including phenoxy) is 2. The van der Waals surface area contributed by atoms with E-state index in [1.165, 1.54) is 5.56 Å². The van der Waals surface area contributed by atoms with E-state index in [0.717, 1.165) is 5.56 Å². The van der Waals surface area contributed by atoms with E-state index in [4.69, 9.17) is 9.47 Å². The standard InChI is InChI=1S/C20H28N2O4/c1-20(2,3)26-19(24)22-14-16-7-5-4-6-15(16)12-17(22)13-18(23)21-8-10-25-11-9-21/h4-7,17H,8-14H2,1-3H3/t17-/m0/s1. The average molecular weight is 360 g/mol. The number of carbonyl (C=O) groups excluding carboxylic acids is 2. The lowest BCUT2D eigenvalue weighted by atomic mass is 9.92. The Kier molecular flexibility index (Phi) is 5.51. The summed E-state index contributed by atoms with van der Waals surface area (Å²) in [6.45, 7) is 8.45. The fourth-order valence-electron chi connectivity index (χ4n) is 3.45. The monoisotopic (exact) mass is 360 g/mol. The van der Waals surface area contributed by atoms with Crippen molar-refractivity contribution in [2.75, 3.05) is 26.3 Å². The van der Waals surface area contributed by atoms with E-state index in [-0.39, 0.29) is 18.0 Å². The molecule has 0 aliphatic carbocycles. The van der Waals surface area contributed by atoms with Gasteiger partial charge in [-0.15, -0.1) is 0 Å². The van der Waals surface area contributed by atoms with Crippen LogP contribution < -0.4 is 0 Å². The van der Waals surface area contributed by atoms with Gasteiger partial charge in [0.15, 0.2) is 0 Å². The van der Waals surface area contributed by atoms with Gasteiger partial charge < -0.3 is 19.3 Å². The Balaban J connectivity index is 1.77. The maximum Gasteiger partial charge on any atom is 0.410 e. The van der Waals surface area contributed by atoms with Crippen LogP contribution in [0.2, 0.25) is 0 Å². The summed E-state index contributed by atoms with van der Waals surface area (Å²) in [5.41, 5.74) is 1.76. The summed E-state index contributed by atoms with van der Waals surface area (Å²) in [6, 6.07) is 7.91. The fourth-order valence-corrected chi connectivity index (χ4v) is 3.45. The summed E-state index contributed by atoms with van der Waals surface area (Å²) in [5.74, 6) is 0.0752. The molecule has 2 heterocycles. The Hall–Kier alpha value is -2.08. The Morgan fingerprint density at radius 3 is 2.46 bits per heavy atom. The second-order valence-corrected chi connectivity index (χ2v) is 7.93. The van der Waals surface area contributed by atoms with Gasteiger partial charge in [0, 0.05) is 32.1 Å². The quantitative estimate of drug-likeness (QED) is 0.813. The van der Waals surface area contributed by atoms with Crippen LogP contribution in [-0.2, 0) is 27.2 Å². The molecule has 0 aromatic heterocycles. The van der Waals surface area contributed by atoms with Gasteiger partial charge >= 0.3 is 6.09 Å². The number of morpholine rings is 1. The minimum atomic E-state index is -0.563. The number of nitrogens with zero attached hydrogens (tertiary/aromatic N) is 2. The predicted molar refractivity (Wildman–Crippen MR) is 97.7 cm³/mol. The van der Waals surface area contributed by atoms with Gasteiger partial charge in [-0.2, -0.15) is 0 Å². The summed E-state index contributed by atoms with van der Waals surface area (Å²) in [4.78, 5) is 29.0. The highest BCUT2D eigenvalue weighted by Gasteiger charge is 2.35. The van der Waals surface area contributed by atoms with Gasteiger partial charge in [-0.25, -0.2) is 4.79 Å². The molecule has 1 aromatic rings. The molecule has 2 amide bonds. The minimum Gasteiger partial charge on any atom is -0.444 e. The Morgan fingerprint density at radius 1 is 1.15 bits per heavy atom. The number of rotatable bonds is 2. The first-order valence-electron chi connectivity index (χ1n) is 9.25. The van der Waals surface area contributed by atoms with Crippen LogP contribution in [0.5, 0.6) is 0 Å². The van der Waals surface area contributed by atoms with Crippen LogP contribution in [0.15, 0.2) is 24.3 Å². The van der Waals surface area contributed by atoms with Crippen LogP contribution in [0.4, 0.5) is 4.79 Å². The van der Waals surface area contributed by atoms with E-state index < -0.39 is 5.60 Å². The summed E-state index contributed by atoms with van der Waals surface area (Å²) >= 11 is 0. The number of hydrogen-bond donors (Lipinski definition) is 0. The molecule has 0 bridgehead atoms. The van der Waals surface area contributed by atoms with Crippen LogP contribution in [0.25, 0.3) is 0 Å². The lowest BCUT2D eigenvalue weighted by Crippen LogP contribution is -2.50. The molecule has 1 fully saturated rings. The molecule has 1 atom stereocenters. The molecule has 6 nitrogen and oxygen atoms in total. The van der Waals surface area contributed by atoms with E-state index >= 15 is 0 Å². The van der Waals surface area contributed by atoms with Gasteiger partial charge in [-0.05, 0) is 38.3 Å². The van der Waals surface area contributed by atoms with Crippen molar-refractivity contribution in [2.24, 2.45) is 0 Å². The zero-order chi connectivity index (χ0) is 18.7. The van der Waals surface area contributed by atoms with Crippen molar-refractivity contribution >= 4 is 12.0 Å². The zero-order valence-electron chi connectivity index (χ0n) is 15.9. The molecule has 1 saturated heterocycles. The molecular weight excluding hydrogens is 332 g/mol. The second-order valence-electron chi connectivity index (χ2n) is 7.93. The number of carbonyl (C=O) groups is 2. The number of benzene rings is 1. The molecule has 142 valence electrons. The molecule has 6 heteroatoms. The van der Waals surface area contributed by atoms with Crippen molar-refractivity contribution in [3.8, 4) is 0 Å². The van der Waals surface area contributed by atoms with Crippen molar-refractivity contribution < 1.29 is 19.1 Å². The SMILES string of the molecule is CC(C)(C)OC(=O)N1Cc2ccccc2C[C@H]1CC(=O)N1CCOCC1. The van der Waals surface area contributed by atoms with Crippen molar-refractivity contribution in [1.82, 2.24) is 9.80 Å². The van der Waals surface area contributed by atoms with E-state index in [2.05, 4.69) is 6.07 Å². The van der Waals surface area contributed by atoms with Crippen molar-refractivity contribution in [1.29, 1.82) is 0 Å². The lowest BCUT2D eigenvalue weighted by Gasteiger charge is -2.38. The van der Waals surface area contributed by atoms with Crippen molar-refractivity contribution in [3.63, 3.8) is 0 Å². The average Bonchev–Trinajstić information content (AvgIpc) is 2.60. The van der Waals surface area contributed by atoms with E-state index in [1.807, 2.05) is 43.9 Å². The maximum absolute atomic E-state index is 12.8. The molecule has 1 aromatic carbocycles. The summed E-state index contributed by atoms with van der Waals surface area (Å²) in [7, 11) is 0. The van der Waals surface area contributed by atoms with E-state index in [0.29, 0.717) is 45.7 Å². The topological polar surface area (TPSA) is 59.1 Å². The summed E-state index contributed by atoms with van der Waals surface area (Å²) < 4.78 is 10.9. The van der Waals surface area contributed by atoms with Gasteiger partial charge in [-0.3, -0.25) is 4.79 Å². The molecule has 0 N–H and O–H groups in total. The third kappa shape index (κ3) is 4.55. The molecule has 0 saturated carbocycles. The first kappa shape index (κ1) is 18.7. The number of hydrogen-bond acceptors (Lipinski definition) is 4. The first-order valence-corrected chi connectivity index (χ1v) is 9.25. The van der Waals surface area contributed by atoms with Crippen LogP contribution in [0, 0.1) is 0 Å². The first-order chi connectivity index (χ1) is 12.3. The van der Waals surface area contributed by atoms with Gasteiger partial charge in [0.05, 0.1) is 13.2 Å². The summed E-state index contributed by atoms with van der Waals surface area (Å²) in [6.07, 6.45) is 0.630. The highest BCUT2D eigenvalue weighted by molar-refractivity contribution is 5.78. The smallest absolute Gasteiger partial charge is 0.410 e. The molecule has 0 unspecified atom stereocenters. The highest BCUT2D eigenvalue weighted by atomic mass is 16.6. The van der Waals surface area contributed by atoms with Gasteiger partial charge in [-0.1, -0.05) is 24.3 Å². The van der Waals surface area contributed by atoms with Crippen LogP contribution in [0.1, 0.15) is 38.3 Å². The number of fused-ring (bicyclic) bond motifs is 1. The maximum atomic E-state index is 12.8. The molecule has 0 radical (unpaired) electrons. The van der Waals surface area contributed by atoms with Crippen LogP contribution in [-0.4, -0.2) is 59.7 Å². The Labute approximate surface area is 155 Å². The number of amides is 2. The van der Waals surface area contributed by atoms with Crippen LogP contribution >= 0.6 is 0 Å². The third-order valence-electron chi connectivity index (χ3n) is 4.76. The second kappa shape index (κ2) is 7.66.